The Bertz CT molecular complexity index is 1150. The molecule has 8 heteroatoms. The van der Waals surface area contributed by atoms with E-state index in [1.807, 2.05) is 6.92 Å². The molecule has 0 saturated heterocycles. The van der Waals surface area contributed by atoms with Gasteiger partial charge in [0.2, 0.25) is 11.5 Å². The number of allylic oxidation sites excluding steroid dienone is 2. The van der Waals surface area contributed by atoms with Gasteiger partial charge in [0.05, 0.1) is 47.6 Å². The van der Waals surface area contributed by atoms with Crippen LogP contribution in [0.3, 0.4) is 0 Å². The van der Waals surface area contributed by atoms with Crippen LogP contribution in [0.5, 0.6) is 34.5 Å². The Morgan fingerprint density at radius 2 is 1.49 bits per heavy atom. The maximum absolute atomic E-state index is 13.7. The standard InChI is InChI=1S/C27H34O8/c1-9-13(2)22(29)21-16-12-18(31-4)25(33-6)27(35-8)20(16)19-15(10-14(3)23(21)30)11-17(28)24(32-5)26(19)34-7/h9,11-12,14,21,23,28,30H,10H2,1-8H3. The van der Waals surface area contributed by atoms with Gasteiger partial charge in [-0.1, -0.05) is 13.0 Å². The van der Waals surface area contributed by atoms with Gasteiger partial charge < -0.3 is 33.9 Å². The normalized spacial score (nSPS) is 19.6. The lowest BCUT2D eigenvalue weighted by atomic mass is 9.73. The molecule has 8 nitrogen and oxygen atoms in total. The predicted octanol–water partition coefficient (Wildman–Crippen LogP) is 4.27. The van der Waals surface area contributed by atoms with Crippen molar-refractivity contribution in [3.05, 3.63) is 34.9 Å². The van der Waals surface area contributed by atoms with Crippen LogP contribution in [-0.4, -0.2) is 57.6 Å². The summed E-state index contributed by atoms with van der Waals surface area (Å²) in [5, 5.41) is 22.2. The summed E-state index contributed by atoms with van der Waals surface area (Å²) in [7, 11) is 7.40. The van der Waals surface area contributed by atoms with Crippen LogP contribution in [0.4, 0.5) is 0 Å². The number of methoxy groups -OCH3 is 5. The van der Waals surface area contributed by atoms with Crippen LogP contribution >= 0.6 is 0 Å². The Balaban J connectivity index is 2.62. The van der Waals surface area contributed by atoms with Crippen LogP contribution in [-0.2, 0) is 11.2 Å². The number of carbonyl (C=O) groups excluding carboxylic acids is 1. The van der Waals surface area contributed by atoms with Crippen LogP contribution in [0, 0.1) is 5.92 Å². The average Bonchev–Trinajstić information content (AvgIpc) is 2.86. The Labute approximate surface area is 206 Å². The number of ether oxygens (including phenoxy) is 5. The zero-order valence-electron chi connectivity index (χ0n) is 21.5. The lowest BCUT2D eigenvalue weighted by Gasteiger charge is -2.34. The molecule has 1 aliphatic rings. The van der Waals surface area contributed by atoms with Crippen LogP contribution in [0.25, 0.3) is 11.1 Å². The zero-order valence-corrected chi connectivity index (χ0v) is 21.5. The molecule has 0 amide bonds. The molecule has 0 spiro atoms. The van der Waals surface area contributed by atoms with E-state index in [9.17, 15) is 15.0 Å². The van der Waals surface area contributed by atoms with Crippen LogP contribution in [0.2, 0.25) is 0 Å². The van der Waals surface area contributed by atoms with E-state index >= 15 is 0 Å². The number of benzene rings is 2. The molecule has 190 valence electrons. The summed E-state index contributed by atoms with van der Waals surface area (Å²) in [4.78, 5) is 13.7. The Kier molecular flexibility index (Phi) is 7.85. The fourth-order valence-corrected chi connectivity index (χ4v) is 4.85. The number of aromatic hydroxyl groups is 1. The smallest absolute Gasteiger partial charge is 0.203 e. The molecule has 1 aliphatic carbocycles. The molecule has 2 aromatic rings. The predicted molar refractivity (Wildman–Crippen MR) is 132 cm³/mol. The molecule has 0 fully saturated rings. The number of ketones is 1. The molecular weight excluding hydrogens is 452 g/mol. The lowest BCUT2D eigenvalue weighted by Crippen LogP contribution is -2.35. The van der Waals surface area contributed by atoms with Gasteiger partial charge in [-0.05, 0) is 55.0 Å². The van der Waals surface area contributed by atoms with Gasteiger partial charge in [-0.2, -0.15) is 0 Å². The van der Waals surface area contributed by atoms with Gasteiger partial charge in [-0.15, -0.1) is 0 Å². The second kappa shape index (κ2) is 10.5. The summed E-state index contributed by atoms with van der Waals surface area (Å²) in [6.45, 7) is 5.39. The maximum atomic E-state index is 13.7. The lowest BCUT2D eigenvalue weighted by molar-refractivity contribution is -0.120. The third kappa shape index (κ3) is 4.27. The van der Waals surface area contributed by atoms with Crippen molar-refractivity contribution in [2.75, 3.05) is 35.5 Å². The number of rotatable bonds is 7. The summed E-state index contributed by atoms with van der Waals surface area (Å²) < 4.78 is 28.3. The fraction of sp³-hybridized carbons (Fsp3) is 0.444. The molecule has 0 saturated carbocycles. The molecule has 3 atom stereocenters. The number of phenolic OH excluding ortho intramolecular Hbond substituents is 1. The molecule has 35 heavy (non-hydrogen) atoms. The highest BCUT2D eigenvalue weighted by Gasteiger charge is 2.41. The largest absolute Gasteiger partial charge is 0.504 e. The molecule has 0 bridgehead atoms. The van der Waals surface area contributed by atoms with E-state index in [2.05, 4.69) is 0 Å². The van der Waals surface area contributed by atoms with Gasteiger partial charge in [-0.3, -0.25) is 4.79 Å². The first-order valence-electron chi connectivity index (χ1n) is 11.4. The third-order valence-corrected chi connectivity index (χ3v) is 6.72. The SMILES string of the molecule is CC=C(C)C(=O)C1c2cc(OC)c(OC)c(OC)c2-c2c(cc(O)c(OC)c2OC)CC(C)C1O. The number of aliphatic hydroxyl groups excluding tert-OH is 1. The van der Waals surface area contributed by atoms with E-state index < -0.39 is 12.0 Å². The van der Waals surface area contributed by atoms with E-state index in [0.717, 1.165) is 0 Å². The van der Waals surface area contributed by atoms with E-state index in [-0.39, 0.29) is 28.9 Å². The number of phenols is 1. The second-order valence-electron chi connectivity index (χ2n) is 8.59. The average molecular weight is 487 g/mol. The van der Waals surface area contributed by atoms with E-state index in [0.29, 0.717) is 51.5 Å². The molecule has 2 N–H and O–H groups in total. The van der Waals surface area contributed by atoms with Crippen molar-refractivity contribution < 1.29 is 38.7 Å². The van der Waals surface area contributed by atoms with Crippen molar-refractivity contribution >= 4 is 5.78 Å². The van der Waals surface area contributed by atoms with E-state index in [1.54, 1.807) is 32.1 Å². The van der Waals surface area contributed by atoms with Crippen molar-refractivity contribution in [1.29, 1.82) is 0 Å². The Morgan fingerprint density at radius 1 is 0.914 bits per heavy atom. The summed E-state index contributed by atoms with van der Waals surface area (Å²) in [6.07, 6.45) is 1.06. The number of fused-ring (bicyclic) bond motifs is 3. The fourth-order valence-electron chi connectivity index (χ4n) is 4.85. The monoisotopic (exact) mass is 486 g/mol. The molecule has 0 aliphatic heterocycles. The number of Topliss-reactive ketones (excluding diaryl/α,β-unsaturated/α-hetero) is 1. The van der Waals surface area contributed by atoms with Gasteiger partial charge in [0.1, 0.15) is 0 Å². The van der Waals surface area contributed by atoms with Crippen molar-refractivity contribution in [2.45, 2.75) is 39.2 Å². The van der Waals surface area contributed by atoms with Gasteiger partial charge in [0.25, 0.3) is 0 Å². The highest BCUT2D eigenvalue weighted by Crippen LogP contribution is 2.57. The highest BCUT2D eigenvalue weighted by molar-refractivity contribution is 6.03. The Morgan fingerprint density at radius 3 is 2.00 bits per heavy atom. The summed E-state index contributed by atoms with van der Waals surface area (Å²) in [5.41, 5.74) is 2.81. The Hall–Kier alpha value is -3.39. The second-order valence-corrected chi connectivity index (χ2v) is 8.59. The number of aliphatic hydroxyl groups is 1. The van der Waals surface area contributed by atoms with Crippen LogP contribution < -0.4 is 23.7 Å². The maximum Gasteiger partial charge on any atom is 0.203 e. The molecule has 0 radical (unpaired) electrons. The van der Waals surface area contributed by atoms with Crippen molar-refractivity contribution in [2.24, 2.45) is 5.92 Å². The van der Waals surface area contributed by atoms with Crippen LogP contribution in [0.1, 0.15) is 37.8 Å². The third-order valence-electron chi connectivity index (χ3n) is 6.72. The number of hydrogen-bond acceptors (Lipinski definition) is 8. The number of hydrogen-bond donors (Lipinski definition) is 2. The minimum Gasteiger partial charge on any atom is -0.504 e. The minimum atomic E-state index is -1.03. The van der Waals surface area contributed by atoms with E-state index in [1.165, 1.54) is 35.5 Å². The molecule has 3 unspecified atom stereocenters. The van der Waals surface area contributed by atoms with Crippen LogP contribution in [0.15, 0.2) is 23.8 Å². The first-order valence-corrected chi connectivity index (χ1v) is 11.4. The first-order chi connectivity index (χ1) is 16.7. The van der Waals surface area contributed by atoms with Crippen molar-refractivity contribution in [3.63, 3.8) is 0 Å². The molecule has 2 aromatic carbocycles. The minimum absolute atomic E-state index is 0.0938. The molecule has 0 heterocycles. The summed E-state index contributed by atoms with van der Waals surface area (Å²) in [5.74, 6) is -0.135. The molecule has 3 rings (SSSR count). The van der Waals surface area contributed by atoms with E-state index in [4.69, 9.17) is 23.7 Å². The summed E-state index contributed by atoms with van der Waals surface area (Å²) in [6, 6.07) is 3.30. The van der Waals surface area contributed by atoms with Gasteiger partial charge in [0.15, 0.2) is 28.8 Å². The first kappa shape index (κ1) is 26.2. The highest BCUT2D eigenvalue weighted by atomic mass is 16.5. The van der Waals surface area contributed by atoms with Crippen molar-refractivity contribution in [1.82, 2.24) is 0 Å². The molecular formula is C27H34O8. The topological polar surface area (TPSA) is 104 Å². The van der Waals surface area contributed by atoms with Gasteiger partial charge in [0, 0.05) is 11.1 Å². The summed E-state index contributed by atoms with van der Waals surface area (Å²) >= 11 is 0. The quantitative estimate of drug-likeness (QED) is 0.559. The van der Waals surface area contributed by atoms with Crippen molar-refractivity contribution in [3.8, 4) is 45.6 Å². The zero-order chi connectivity index (χ0) is 26.0. The van der Waals surface area contributed by atoms with Gasteiger partial charge >= 0.3 is 0 Å². The van der Waals surface area contributed by atoms with Gasteiger partial charge in [-0.25, -0.2) is 0 Å². The molecule has 0 aromatic heterocycles. The number of carbonyl (C=O) groups is 1.